The Kier molecular flexibility index (Phi) is 4.35. The standard InChI is InChI=1S/C10H14BrNS2/c11-10-3-9(7-14-10)5-12-4-8-1-2-13-6-8/h3,7-8,12H,1-2,4-6H2. The van der Waals surface area contributed by atoms with Crippen molar-refractivity contribution in [3.8, 4) is 0 Å². The van der Waals surface area contributed by atoms with Crippen LogP contribution in [0.2, 0.25) is 0 Å². The second-order valence-corrected chi connectivity index (χ2v) is 7.06. The van der Waals surface area contributed by atoms with Crippen LogP contribution in [-0.4, -0.2) is 18.1 Å². The minimum Gasteiger partial charge on any atom is -0.312 e. The average Bonchev–Trinajstić information content (AvgIpc) is 2.77. The summed E-state index contributed by atoms with van der Waals surface area (Å²) in [6.07, 6.45) is 1.39. The van der Waals surface area contributed by atoms with E-state index in [1.54, 1.807) is 11.3 Å². The second-order valence-electron chi connectivity index (χ2n) is 3.62. The fraction of sp³-hybridized carbons (Fsp3) is 0.600. The first kappa shape index (κ1) is 11.0. The summed E-state index contributed by atoms with van der Waals surface area (Å²) in [6, 6.07) is 2.20. The Bertz CT molecular complexity index is 281. The summed E-state index contributed by atoms with van der Waals surface area (Å²) in [5, 5.41) is 5.74. The van der Waals surface area contributed by atoms with Crippen molar-refractivity contribution < 1.29 is 0 Å². The zero-order chi connectivity index (χ0) is 9.80. The van der Waals surface area contributed by atoms with Crippen molar-refractivity contribution in [3.05, 3.63) is 20.8 Å². The van der Waals surface area contributed by atoms with Crippen LogP contribution < -0.4 is 5.32 Å². The number of thioether (sulfide) groups is 1. The molecule has 0 spiro atoms. The summed E-state index contributed by atoms with van der Waals surface area (Å²) >= 11 is 7.32. The lowest BCUT2D eigenvalue weighted by molar-refractivity contribution is 0.523. The minimum atomic E-state index is 0.905. The molecule has 1 N–H and O–H groups in total. The number of hydrogen-bond donors (Lipinski definition) is 1. The van der Waals surface area contributed by atoms with Crippen LogP contribution in [0.25, 0.3) is 0 Å². The zero-order valence-electron chi connectivity index (χ0n) is 7.96. The fourth-order valence-corrected chi connectivity index (χ4v) is 4.10. The van der Waals surface area contributed by atoms with Crippen LogP contribution in [0.5, 0.6) is 0 Å². The predicted octanol–water partition coefficient (Wildman–Crippen LogP) is 3.35. The molecule has 14 heavy (non-hydrogen) atoms. The highest BCUT2D eigenvalue weighted by atomic mass is 79.9. The van der Waals surface area contributed by atoms with Crippen molar-refractivity contribution in [2.75, 3.05) is 18.1 Å². The number of nitrogens with one attached hydrogen (secondary N) is 1. The lowest BCUT2D eigenvalue weighted by Gasteiger charge is -2.08. The largest absolute Gasteiger partial charge is 0.312 e. The molecule has 1 aromatic heterocycles. The Morgan fingerprint density at radius 3 is 3.14 bits per heavy atom. The average molecular weight is 292 g/mol. The molecule has 1 unspecified atom stereocenters. The first-order valence-electron chi connectivity index (χ1n) is 4.86. The summed E-state index contributed by atoms with van der Waals surface area (Å²) in [5.41, 5.74) is 1.40. The quantitative estimate of drug-likeness (QED) is 0.913. The van der Waals surface area contributed by atoms with Gasteiger partial charge in [0.15, 0.2) is 0 Å². The van der Waals surface area contributed by atoms with E-state index in [9.17, 15) is 0 Å². The molecule has 4 heteroatoms. The third-order valence-corrected chi connectivity index (χ3v) is 5.19. The Hall–Kier alpha value is 0.490. The van der Waals surface area contributed by atoms with Gasteiger partial charge in [-0.3, -0.25) is 0 Å². The summed E-state index contributed by atoms with van der Waals surface area (Å²) in [4.78, 5) is 0. The maximum absolute atomic E-state index is 3.53. The van der Waals surface area contributed by atoms with Gasteiger partial charge in [-0.15, -0.1) is 11.3 Å². The molecular weight excluding hydrogens is 278 g/mol. The third-order valence-electron chi connectivity index (χ3n) is 2.41. The van der Waals surface area contributed by atoms with Crippen molar-refractivity contribution in [1.82, 2.24) is 5.32 Å². The van der Waals surface area contributed by atoms with Gasteiger partial charge in [0, 0.05) is 6.54 Å². The minimum absolute atomic E-state index is 0.905. The topological polar surface area (TPSA) is 12.0 Å². The van der Waals surface area contributed by atoms with Crippen molar-refractivity contribution >= 4 is 39.0 Å². The molecular formula is C10H14BrNS2. The van der Waals surface area contributed by atoms with Crippen molar-refractivity contribution in [2.24, 2.45) is 5.92 Å². The monoisotopic (exact) mass is 291 g/mol. The molecule has 0 amide bonds. The molecule has 1 atom stereocenters. The van der Waals surface area contributed by atoms with Crippen LogP contribution in [0.15, 0.2) is 15.2 Å². The van der Waals surface area contributed by atoms with E-state index >= 15 is 0 Å². The van der Waals surface area contributed by atoms with Gasteiger partial charge in [-0.05, 0) is 63.3 Å². The van der Waals surface area contributed by atoms with E-state index in [1.807, 2.05) is 0 Å². The van der Waals surface area contributed by atoms with Gasteiger partial charge in [-0.25, -0.2) is 0 Å². The SMILES string of the molecule is Brc1cc(CNCC2CCSC2)cs1. The Morgan fingerprint density at radius 2 is 2.50 bits per heavy atom. The Morgan fingerprint density at radius 1 is 1.57 bits per heavy atom. The molecule has 2 heterocycles. The summed E-state index contributed by atoms with van der Waals surface area (Å²) < 4.78 is 1.23. The Labute approximate surface area is 102 Å². The highest BCUT2D eigenvalue weighted by Crippen LogP contribution is 2.23. The van der Waals surface area contributed by atoms with E-state index in [2.05, 4.69) is 44.5 Å². The first-order valence-corrected chi connectivity index (χ1v) is 7.68. The van der Waals surface area contributed by atoms with Crippen LogP contribution >= 0.6 is 39.0 Å². The predicted molar refractivity (Wildman–Crippen MR) is 69.2 cm³/mol. The van der Waals surface area contributed by atoms with Gasteiger partial charge in [0.05, 0.1) is 3.79 Å². The lowest BCUT2D eigenvalue weighted by atomic mass is 10.1. The third kappa shape index (κ3) is 3.26. The van der Waals surface area contributed by atoms with E-state index in [4.69, 9.17) is 0 Å². The molecule has 0 bridgehead atoms. The molecule has 1 fully saturated rings. The second kappa shape index (κ2) is 5.54. The normalized spacial score (nSPS) is 21.6. The number of halogens is 1. The highest BCUT2D eigenvalue weighted by molar-refractivity contribution is 9.11. The van der Waals surface area contributed by atoms with Gasteiger partial charge >= 0.3 is 0 Å². The molecule has 1 nitrogen and oxygen atoms in total. The van der Waals surface area contributed by atoms with Gasteiger partial charge in [-0.1, -0.05) is 0 Å². The van der Waals surface area contributed by atoms with E-state index in [1.165, 1.54) is 33.8 Å². The Balaban J connectivity index is 1.67. The summed E-state index contributed by atoms with van der Waals surface area (Å²) in [7, 11) is 0. The molecule has 0 saturated carbocycles. The lowest BCUT2D eigenvalue weighted by Crippen LogP contribution is -2.21. The molecule has 1 aromatic rings. The number of rotatable bonds is 4. The first-order chi connectivity index (χ1) is 6.84. The van der Waals surface area contributed by atoms with Crippen LogP contribution in [0.1, 0.15) is 12.0 Å². The van der Waals surface area contributed by atoms with Gasteiger partial charge in [0.2, 0.25) is 0 Å². The van der Waals surface area contributed by atoms with Gasteiger partial charge in [0.25, 0.3) is 0 Å². The fourth-order valence-electron chi connectivity index (χ4n) is 1.60. The smallest absolute Gasteiger partial charge is 0.0701 e. The molecule has 0 radical (unpaired) electrons. The molecule has 1 aliphatic rings. The molecule has 0 aliphatic carbocycles. The highest BCUT2D eigenvalue weighted by Gasteiger charge is 2.14. The van der Waals surface area contributed by atoms with Crippen LogP contribution in [-0.2, 0) is 6.54 Å². The van der Waals surface area contributed by atoms with Crippen molar-refractivity contribution in [3.63, 3.8) is 0 Å². The van der Waals surface area contributed by atoms with Crippen LogP contribution in [0.3, 0.4) is 0 Å². The summed E-state index contributed by atoms with van der Waals surface area (Å²) in [5.74, 6) is 3.61. The van der Waals surface area contributed by atoms with Crippen molar-refractivity contribution in [1.29, 1.82) is 0 Å². The maximum atomic E-state index is 3.53. The molecule has 2 rings (SSSR count). The van der Waals surface area contributed by atoms with Crippen LogP contribution in [0.4, 0.5) is 0 Å². The molecule has 1 aliphatic heterocycles. The molecule has 78 valence electrons. The summed E-state index contributed by atoms with van der Waals surface area (Å²) in [6.45, 7) is 2.20. The van der Waals surface area contributed by atoms with E-state index in [0.29, 0.717) is 0 Å². The van der Waals surface area contributed by atoms with E-state index in [0.717, 1.165) is 12.5 Å². The van der Waals surface area contributed by atoms with Gasteiger partial charge < -0.3 is 5.32 Å². The number of hydrogen-bond acceptors (Lipinski definition) is 3. The van der Waals surface area contributed by atoms with Gasteiger partial charge in [-0.2, -0.15) is 11.8 Å². The van der Waals surface area contributed by atoms with E-state index < -0.39 is 0 Å². The van der Waals surface area contributed by atoms with E-state index in [-0.39, 0.29) is 0 Å². The van der Waals surface area contributed by atoms with Gasteiger partial charge in [0.1, 0.15) is 0 Å². The van der Waals surface area contributed by atoms with Crippen LogP contribution in [0, 0.1) is 5.92 Å². The number of thiophene rings is 1. The molecule has 0 aromatic carbocycles. The molecule has 1 saturated heterocycles. The zero-order valence-corrected chi connectivity index (χ0v) is 11.2. The van der Waals surface area contributed by atoms with Crippen molar-refractivity contribution in [2.45, 2.75) is 13.0 Å². The maximum Gasteiger partial charge on any atom is 0.0701 e.